The van der Waals surface area contributed by atoms with Crippen molar-refractivity contribution in [1.29, 1.82) is 0 Å². The molecule has 1 aromatic carbocycles. The Kier molecular flexibility index (Phi) is 5.97. The van der Waals surface area contributed by atoms with Crippen LogP contribution in [0.3, 0.4) is 0 Å². The van der Waals surface area contributed by atoms with Crippen molar-refractivity contribution < 1.29 is 10.2 Å². The van der Waals surface area contributed by atoms with Crippen LogP contribution in [0, 0.1) is 6.92 Å². The number of aryl methyl sites for hydroxylation is 1. The van der Waals surface area contributed by atoms with Gasteiger partial charge in [0, 0.05) is 6.61 Å². The molecule has 14 heavy (non-hydrogen) atoms. The van der Waals surface area contributed by atoms with Gasteiger partial charge in [-0.25, -0.2) is 0 Å². The van der Waals surface area contributed by atoms with E-state index in [0.29, 0.717) is 11.7 Å². The summed E-state index contributed by atoms with van der Waals surface area (Å²) in [6.07, 6.45) is 0. The van der Waals surface area contributed by atoms with E-state index in [1.807, 2.05) is 19.1 Å². The van der Waals surface area contributed by atoms with Gasteiger partial charge in [-0.15, -0.1) is 0 Å². The molecule has 0 aliphatic carbocycles. The molecule has 0 radical (unpaired) electrons. The molecule has 2 N–H and O–H groups in total. The number of hydrogen-bond donors (Lipinski definition) is 2. The molecule has 1 aromatic rings. The zero-order chi connectivity index (χ0) is 11.1. The lowest BCUT2D eigenvalue weighted by atomic mass is 10.0. The normalized spacial score (nSPS) is 9.57. The highest BCUT2D eigenvalue weighted by Crippen LogP contribution is 2.25. The number of aliphatic hydroxyl groups is 1. The summed E-state index contributed by atoms with van der Waals surface area (Å²) in [6, 6.07) is 5.81. The summed E-state index contributed by atoms with van der Waals surface area (Å²) in [5, 5.41) is 17.0. The summed E-state index contributed by atoms with van der Waals surface area (Å²) in [7, 11) is 0. The molecule has 2 heteroatoms. The summed E-state index contributed by atoms with van der Waals surface area (Å²) in [5.74, 6) is 0.815. The van der Waals surface area contributed by atoms with Crippen molar-refractivity contribution in [3.05, 3.63) is 29.3 Å². The second-order valence-electron chi connectivity index (χ2n) is 3.53. The Balaban J connectivity index is 0.000000500. The van der Waals surface area contributed by atoms with Gasteiger partial charge in [0.25, 0.3) is 0 Å². The average molecular weight is 196 g/mol. The topological polar surface area (TPSA) is 40.5 Å². The van der Waals surface area contributed by atoms with E-state index in [2.05, 4.69) is 13.8 Å². The lowest BCUT2D eigenvalue weighted by Crippen LogP contribution is -1.87. The number of aromatic hydroxyl groups is 1. The zero-order valence-electron chi connectivity index (χ0n) is 9.41. The van der Waals surface area contributed by atoms with Gasteiger partial charge in [-0.3, -0.25) is 0 Å². The molecule has 0 aliphatic rings. The van der Waals surface area contributed by atoms with Crippen molar-refractivity contribution in [1.82, 2.24) is 0 Å². The van der Waals surface area contributed by atoms with Crippen LogP contribution in [-0.4, -0.2) is 16.8 Å². The maximum atomic E-state index is 9.46. The fourth-order valence-corrected chi connectivity index (χ4v) is 1.14. The second kappa shape index (κ2) is 6.44. The van der Waals surface area contributed by atoms with Crippen LogP contribution in [0.15, 0.2) is 18.2 Å². The van der Waals surface area contributed by atoms with Crippen LogP contribution in [-0.2, 0) is 0 Å². The first-order valence-corrected chi connectivity index (χ1v) is 4.93. The number of rotatable bonds is 1. The molecule has 0 aliphatic heterocycles. The van der Waals surface area contributed by atoms with Gasteiger partial charge < -0.3 is 10.2 Å². The average Bonchev–Trinajstić information content (AvgIpc) is 2.04. The van der Waals surface area contributed by atoms with E-state index in [1.54, 1.807) is 13.0 Å². The molecule has 0 amide bonds. The van der Waals surface area contributed by atoms with Crippen LogP contribution >= 0.6 is 0 Å². The molecule has 0 spiro atoms. The van der Waals surface area contributed by atoms with Crippen molar-refractivity contribution in [2.24, 2.45) is 0 Å². The van der Waals surface area contributed by atoms with E-state index >= 15 is 0 Å². The van der Waals surface area contributed by atoms with Crippen LogP contribution < -0.4 is 0 Å². The highest BCUT2D eigenvalue weighted by atomic mass is 16.3. The van der Waals surface area contributed by atoms with E-state index < -0.39 is 0 Å². The number of phenols is 1. The highest BCUT2D eigenvalue weighted by Gasteiger charge is 2.03. The molecule has 0 saturated carbocycles. The van der Waals surface area contributed by atoms with Gasteiger partial charge in [-0.05, 0) is 37.0 Å². The second-order valence-corrected chi connectivity index (χ2v) is 3.53. The highest BCUT2D eigenvalue weighted by molar-refractivity contribution is 5.37. The number of aliphatic hydroxyl groups excluding tert-OH is 1. The molecular weight excluding hydrogens is 176 g/mol. The van der Waals surface area contributed by atoms with Crippen LogP contribution in [0.5, 0.6) is 5.75 Å². The Morgan fingerprint density at radius 3 is 2.14 bits per heavy atom. The quantitative estimate of drug-likeness (QED) is 0.725. The van der Waals surface area contributed by atoms with Gasteiger partial charge >= 0.3 is 0 Å². The summed E-state index contributed by atoms with van der Waals surface area (Å²) in [6.45, 7) is 8.05. The van der Waals surface area contributed by atoms with Gasteiger partial charge in [0.2, 0.25) is 0 Å². The van der Waals surface area contributed by atoms with Gasteiger partial charge in [-0.1, -0.05) is 26.0 Å². The lowest BCUT2D eigenvalue weighted by molar-refractivity contribution is 0.318. The molecule has 0 saturated heterocycles. The van der Waals surface area contributed by atoms with E-state index in [9.17, 15) is 5.11 Å². The minimum atomic E-state index is 0.250. The summed E-state index contributed by atoms with van der Waals surface area (Å²) in [5.41, 5.74) is 2.13. The summed E-state index contributed by atoms with van der Waals surface area (Å²) >= 11 is 0. The van der Waals surface area contributed by atoms with Crippen LogP contribution in [0.4, 0.5) is 0 Å². The SMILES string of the molecule is CCO.Cc1ccc(C(C)C)c(O)c1. The number of benzene rings is 1. The maximum absolute atomic E-state index is 9.46. The summed E-state index contributed by atoms with van der Waals surface area (Å²) in [4.78, 5) is 0. The molecule has 1 rings (SSSR count). The van der Waals surface area contributed by atoms with Crippen LogP contribution in [0.2, 0.25) is 0 Å². The molecule has 0 heterocycles. The molecule has 0 unspecified atom stereocenters. The van der Waals surface area contributed by atoms with Gasteiger partial charge in [0.05, 0.1) is 0 Å². The standard InChI is InChI=1S/C10H14O.C2H6O/c1-7(2)9-5-4-8(3)6-10(9)11;1-2-3/h4-7,11H,1-3H3;3H,2H2,1H3. The number of hydrogen-bond acceptors (Lipinski definition) is 2. The predicted octanol–water partition coefficient (Wildman–Crippen LogP) is 2.82. The van der Waals surface area contributed by atoms with Crippen molar-refractivity contribution in [3.63, 3.8) is 0 Å². The van der Waals surface area contributed by atoms with Crippen molar-refractivity contribution in [2.75, 3.05) is 6.61 Å². The summed E-state index contributed by atoms with van der Waals surface area (Å²) < 4.78 is 0. The van der Waals surface area contributed by atoms with Gasteiger partial charge in [0.1, 0.15) is 5.75 Å². The number of phenolic OH excluding ortho intramolecular Hbond substituents is 1. The Bertz CT molecular complexity index is 267. The smallest absolute Gasteiger partial charge is 0.119 e. The Morgan fingerprint density at radius 1 is 1.29 bits per heavy atom. The maximum Gasteiger partial charge on any atom is 0.119 e. The van der Waals surface area contributed by atoms with Crippen molar-refractivity contribution in [3.8, 4) is 5.75 Å². The van der Waals surface area contributed by atoms with E-state index in [0.717, 1.165) is 11.1 Å². The third kappa shape index (κ3) is 4.28. The van der Waals surface area contributed by atoms with Gasteiger partial charge in [0.15, 0.2) is 0 Å². The molecule has 0 fully saturated rings. The third-order valence-corrected chi connectivity index (χ3v) is 1.81. The predicted molar refractivity (Wildman–Crippen MR) is 59.7 cm³/mol. The molecule has 0 bridgehead atoms. The van der Waals surface area contributed by atoms with E-state index in [1.165, 1.54) is 0 Å². The Hall–Kier alpha value is -1.02. The first kappa shape index (κ1) is 13.0. The zero-order valence-corrected chi connectivity index (χ0v) is 9.41. The fraction of sp³-hybridized carbons (Fsp3) is 0.500. The van der Waals surface area contributed by atoms with Crippen LogP contribution in [0.25, 0.3) is 0 Å². The van der Waals surface area contributed by atoms with Gasteiger partial charge in [-0.2, -0.15) is 0 Å². The third-order valence-electron chi connectivity index (χ3n) is 1.81. The molecule has 80 valence electrons. The largest absolute Gasteiger partial charge is 0.508 e. The lowest BCUT2D eigenvalue weighted by Gasteiger charge is -2.07. The van der Waals surface area contributed by atoms with Crippen LogP contribution in [0.1, 0.15) is 37.8 Å². The Morgan fingerprint density at radius 2 is 1.79 bits per heavy atom. The molecular formula is C12H20O2. The van der Waals surface area contributed by atoms with E-state index in [-0.39, 0.29) is 6.61 Å². The molecule has 0 atom stereocenters. The van der Waals surface area contributed by atoms with E-state index in [4.69, 9.17) is 5.11 Å². The van der Waals surface area contributed by atoms with Crippen molar-refractivity contribution >= 4 is 0 Å². The first-order chi connectivity index (χ1) is 6.52. The fourth-order valence-electron chi connectivity index (χ4n) is 1.14. The minimum absolute atomic E-state index is 0.250. The molecule has 0 aromatic heterocycles. The van der Waals surface area contributed by atoms with Crippen molar-refractivity contribution in [2.45, 2.75) is 33.6 Å². The minimum Gasteiger partial charge on any atom is -0.508 e. The molecule has 2 nitrogen and oxygen atoms in total. The monoisotopic (exact) mass is 196 g/mol. The Labute approximate surface area is 86.2 Å². The first-order valence-electron chi connectivity index (χ1n) is 4.93.